The maximum absolute atomic E-state index is 13.3. The Balaban J connectivity index is 1.75. The molecule has 1 aliphatic heterocycles. The summed E-state index contributed by atoms with van der Waals surface area (Å²) in [6.45, 7) is 1.09. The van der Waals surface area contributed by atoms with Crippen molar-refractivity contribution in [1.29, 1.82) is 0 Å². The van der Waals surface area contributed by atoms with E-state index in [1.807, 2.05) is 30.3 Å². The van der Waals surface area contributed by atoms with Gasteiger partial charge in [0.2, 0.25) is 11.8 Å². The molecule has 8 heteroatoms. The summed E-state index contributed by atoms with van der Waals surface area (Å²) in [4.78, 5) is 26.7. The average molecular weight is 420 g/mol. The van der Waals surface area contributed by atoms with E-state index < -0.39 is 18.2 Å². The van der Waals surface area contributed by atoms with E-state index in [-0.39, 0.29) is 17.6 Å². The van der Waals surface area contributed by atoms with E-state index in [1.165, 1.54) is 31.2 Å². The van der Waals surface area contributed by atoms with Crippen LogP contribution in [0.25, 0.3) is 0 Å². The number of carbonyl (C=O) groups is 2. The van der Waals surface area contributed by atoms with E-state index in [4.69, 9.17) is 4.74 Å². The first-order valence-corrected chi connectivity index (χ1v) is 9.62. The zero-order chi connectivity index (χ0) is 21.8. The van der Waals surface area contributed by atoms with E-state index in [9.17, 15) is 22.8 Å². The van der Waals surface area contributed by atoms with Gasteiger partial charge in [-0.05, 0) is 42.7 Å². The predicted molar refractivity (Wildman–Crippen MR) is 106 cm³/mol. The van der Waals surface area contributed by atoms with Crippen molar-refractivity contribution >= 4 is 17.5 Å². The minimum atomic E-state index is -4.41. The third-order valence-corrected chi connectivity index (χ3v) is 5.34. The zero-order valence-corrected chi connectivity index (χ0v) is 16.5. The molecule has 0 atom stereocenters. The van der Waals surface area contributed by atoms with E-state index in [1.54, 1.807) is 4.90 Å². The van der Waals surface area contributed by atoms with Gasteiger partial charge in [0, 0.05) is 25.7 Å². The molecule has 1 heterocycles. The van der Waals surface area contributed by atoms with Gasteiger partial charge in [0.25, 0.3) is 0 Å². The molecule has 0 saturated carbocycles. The molecular formula is C22H23F3N2O3. The maximum atomic E-state index is 13.3. The molecule has 2 aromatic carbocycles. The number of rotatable bonds is 5. The van der Waals surface area contributed by atoms with E-state index in [2.05, 4.69) is 5.32 Å². The molecule has 1 N–H and O–H groups in total. The standard InChI is InChI=1S/C22H23F3N2O3/c1-16(28)27-13-11-21(12-14-27,17-5-3-2-4-6-17)20(29)26-18-7-9-19(10-8-18)30-15-22(23,24)25/h2-10H,11-15H2,1H3,(H,26,29). The molecule has 5 nitrogen and oxygen atoms in total. The first-order chi connectivity index (χ1) is 14.2. The summed E-state index contributed by atoms with van der Waals surface area (Å²) in [6, 6.07) is 15.2. The van der Waals surface area contributed by atoms with Crippen molar-refractivity contribution in [2.45, 2.75) is 31.4 Å². The highest BCUT2D eigenvalue weighted by atomic mass is 19.4. The summed E-state index contributed by atoms with van der Waals surface area (Å²) in [6.07, 6.45) is -3.45. The van der Waals surface area contributed by atoms with E-state index in [0.29, 0.717) is 31.6 Å². The van der Waals surface area contributed by atoms with Crippen LogP contribution in [0.1, 0.15) is 25.3 Å². The molecule has 1 saturated heterocycles. The van der Waals surface area contributed by atoms with Crippen LogP contribution in [0.15, 0.2) is 54.6 Å². The Hall–Kier alpha value is -3.03. The fourth-order valence-electron chi connectivity index (χ4n) is 3.66. The van der Waals surface area contributed by atoms with Crippen LogP contribution < -0.4 is 10.1 Å². The van der Waals surface area contributed by atoms with Crippen LogP contribution in [0.5, 0.6) is 5.75 Å². The molecule has 1 aliphatic rings. The number of ether oxygens (including phenoxy) is 1. The maximum Gasteiger partial charge on any atom is 0.422 e. The number of likely N-dealkylation sites (tertiary alicyclic amines) is 1. The van der Waals surface area contributed by atoms with Gasteiger partial charge in [-0.25, -0.2) is 0 Å². The molecule has 2 amide bonds. The van der Waals surface area contributed by atoms with E-state index >= 15 is 0 Å². The first kappa shape index (κ1) is 21.7. The quantitative estimate of drug-likeness (QED) is 0.791. The number of hydrogen-bond donors (Lipinski definition) is 1. The SMILES string of the molecule is CC(=O)N1CCC(C(=O)Nc2ccc(OCC(F)(F)F)cc2)(c2ccccc2)CC1. The van der Waals surface area contributed by atoms with Crippen molar-refractivity contribution < 1.29 is 27.5 Å². The van der Waals surface area contributed by atoms with Crippen molar-refractivity contribution in [3.05, 3.63) is 60.2 Å². The lowest BCUT2D eigenvalue weighted by atomic mass is 9.72. The molecule has 0 aromatic heterocycles. The molecular weight excluding hydrogens is 397 g/mol. The highest BCUT2D eigenvalue weighted by Crippen LogP contribution is 2.37. The summed E-state index contributed by atoms with van der Waals surface area (Å²) < 4.78 is 41.5. The topological polar surface area (TPSA) is 58.6 Å². The third kappa shape index (κ3) is 5.11. The van der Waals surface area contributed by atoms with Crippen LogP contribution in [0.3, 0.4) is 0 Å². The Bertz CT molecular complexity index is 875. The lowest BCUT2D eigenvalue weighted by Crippen LogP contribution is -2.50. The van der Waals surface area contributed by atoms with Crippen LogP contribution in [-0.2, 0) is 15.0 Å². The number of carbonyl (C=O) groups excluding carboxylic acids is 2. The minimum absolute atomic E-state index is 0.0217. The number of alkyl halides is 3. The molecule has 0 unspecified atom stereocenters. The lowest BCUT2D eigenvalue weighted by Gasteiger charge is -2.40. The summed E-state index contributed by atoms with van der Waals surface area (Å²) in [5.41, 5.74) is 0.540. The average Bonchev–Trinajstić information content (AvgIpc) is 2.73. The highest BCUT2D eigenvalue weighted by Gasteiger charge is 2.43. The third-order valence-electron chi connectivity index (χ3n) is 5.34. The molecule has 0 spiro atoms. The number of amides is 2. The first-order valence-electron chi connectivity index (χ1n) is 9.62. The molecule has 2 aromatic rings. The Morgan fingerprint density at radius 2 is 1.63 bits per heavy atom. The van der Waals surface area contributed by atoms with Crippen molar-refractivity contribution in [2.75, 3.05) is 25.0 Å². The van der Waals surface area contributed by atoms with Gasteiger partial charge in [-0.15, -0.1) is 0 Å². The van der Waals surface area contributed by atoms with Gasteiger partial charge in [0.1, 0.15) is 5.75 Å². The molecule has 0 radical (unpaired) electrons. The molecule has 0 aliphatic carbocycles. The summed E-state index contributed by atoms with van der Waals surface area (Å²) >= 11 is 0. The van der Waals surface area contributed by atoms with Crippen LogP contribution in [0.2, 0.25) is 0 Å². The second-order valence-electron chi connectivity index (χ2n) is 7.34. The normalized spacial score (nSPS) is 16.1. The summed E-state index contributed by atoms with van der Waals surface area (Å²) in [5, 5.41) is 2.87. The number of nitrogens with zero attached hydrogens (tertiary/aromatic N) is 1. The number of nitrogens with one attached hydrogen (secondary N) is 1. The van der Waals surface area contributed by atoms with Crippen LogP contribution in [-0.4, -0.2) is 42.6 Å². The van der Waals surface area contributed by atoms with Crippen molar-refractivity contribution in [3.63, 3.8) is 0 Å². The van der Waals surface area contributed by atoms with Gasteiger partial charge in [-0.1, -0.05) is 30.3 Å². The van der Waals surface area contributed by atoms with Gasteiger partial charge < -0.3 is 15.0 Å². The number of halogens is 3. The second kappa shape index (κ2) is 8.77. The van der Waals surface area contributed by atoms with Crippen molar-refractivity contribution in [1.82, 2.24) is 4.90 Å². The molecule has 30 heavy (non-hydrogen) atoms. The van der Waals surface area contributed by atoms with Gasteiger partial charge in [-0.3, -0.25) is 9.59 Å². The number of anilines is 1. The Morgan fingerprint density at radius 1 is 1.03 bits per heavy atom. The van der Waals surface area contributed by atoms with Crippen molar-refractivity contribution in [3.8, 4) is 5.75 Å². The molecule has 0 bridgehead atoms. The fraction of sp³-hybridized carbons (Fsp3) is 0.364. The zero-order valence-electron chi connectivity index (χ0n) is 16.5. The van der Waals surface area contributed by atoms with Gasteiger partial charge in [0.15, 0.2) is 6.61 Å². The Kier molecular flexibility index (Phi) is 6.34. The van der Waals surface area contributed by atoms with Gasteiger partial charge >= 0.3 is 6.18 Å². The van der Waals surface area contributed by atoms with Crippen molar-refractivity contribution in [2.24, 2.45) is 0 Å². The van der Waals surface area contributed by atoms with Gasteiger partial charge in [0.05, 0.1) is 5.41 Å². The Labute approximate surface area is 172 Å². The van der Waals surface area contributed by atoms with E-state index in [0.717, 1.165) is 5.56 Å². The molecule has 1 fully saturated rings. The molecule has 3 rings (SSSR count). The van der Waals surface area contributed by atoms with Crippen LogP contribution in [0.4, 0.5) is 18.9 Å². The monoisotopic (exact) mass is 420 g/mol. The number of hydrogen-bond acceptors (Lipinski definition) is 3. The predicted octanol–water partition coefficient (Wildman–Crippen LogP) is 4.15. The second-order valence-corrected chi connectivity index (χ2v) is 7.34. The highest BCUT2D eigenvalue weighted by molar-refractivity contribution is 5.99. The number of piperidine rings is 1. The fourth-order valence-corrected chi connectivity index (χ4v) is 3.66. The molecule has 160 valence electrons. The largest absolute Gasteiger partial charge is 0.484 e. The summed E-state index contributed by atoms with van der Waals surface area (Å²) in [7, 11) is 0. The van der Waals surface area contributed by atoms with Crippen LogP contribution in [0, 0.1) is 0 Å². The minimum Gasteiger partial charge on any atom is -0.484 e. The smallest absolute Gasteiger partial charge is 0.422 e. The lowest BCUT2D eigenvalue weighted by molar-refractivity contribution is -0.153. The summed E-state index contributed by atoms with van der Waals surface area (Å²) in [5.74, 6) is -0.162. The van der Waals surface area contributed by atoms with Gasteiger partial charge in [-0.2, -0.15) is 13.2 Å². The Morgan fingerprint density at radius 3 is 2.17 bits per heavy atom. The van der Waals surface area contributed by atoms with Crippen LogP contribution >= 0.6 is 0 Å². The number of benzene rings is 2.